The summed E-state index contributed by atoms with van der Waals surface area (Å²) >= 11 is 0. The lowest BCUT2D eigenvalue weighted by atomic mass is 10.0. The monoisotopic (exact) mass is 375 g/mol. The van der Waals surface area contributed by atoms with Gasteiger partial charge in [-0.05, 0) is 12.8 Å². The number of nitrogens with zero attached hydrogens (tertiary/aromatic N) is 4. The highest BCUT2D eigenvalue weighted by molar-refractivity contribution is 7.80. The van der Waals surface area contributed by atoms with E-state index in [2.05, 4.69) is 14.7 Å². The Balaban J connectivity index is 1.58. The third-order valence-electron chi connectivity index (χ3n) is 4.11. The first-order valence-corrected chi connectivity index (χ1v) is 8.76. The first kappa shape index (κ1) is 17.6. The summed E-state index contributed by atoms with van der Waals surface area (Å²) in [6, 6.07) is -2.16. The number of carbonyl (C=O) groups excluding carboxylic acids is 2. The van der Waals surface area contributed by atoms with Crippen LogP contribution in [0.2, 0.25) is 0 Å². The number of aromatic nitrogens is 2. The van der Waals surface area contributed by atoms with Crippen molar-refractivity contribution in [2.75, 3.05) is 6.54 Å². The maximum Gasteiger partial charge on any atom is 0.418 e. The van der Waals surface area contributed by atoms with Crippen LogP contribution in [0.25, 0.3) is 0 Å². The van der Waals surface area contributed by atoms with Crippen molar-refractivity contribution in [1.82, 2.24) is 25.0 Å². The lowest BCUT2D eigenvalue weighted by molar-refractivity contribution is -0.140. The molecule has 0 aromatic carbocycles. The number of nitrogens with one attached hydrogen (secondary N) is 1. The first-order chi connectivity index (χ1) is 11.8. The minimum absolute atomic E-state index is 0.101. The minimum atomic E-state index is -4.82. The number of hydrogen-bond acceptors (Lipinski definition) is 7. The van der Waals surface area contributed by atoms with Crippen LogP contribution in [0.1, 0.15) is 18.5 Å². The van der Waals surface area contributed by atoms with Gasteiger partial charge in [-0.3, -0.25) is 14.2 Å². The summed E-state index contributed by atoms with van der Waals surface area (Å²) in [4.78, 5) is 34.7. The van der Waals surface area contributed by atoms with Crippen LogP contribution in [0.5, 0.6) is 0 Å². The van der Waals surface area contributed by atoms with E-state index in [1.165, 1.54) is 4.90 Å². The Bertz CT molecular complexity index is 779. The van der Waals surface area contributed by atoms with Gasteiger partial charge in [0.1, 0.15) is 12.6 Å². The second kappa shape index (κ2) is 6.59. The van der Waals surface area contributed by atoms with E-state index in [9.17, 15) is 18.0 Å². The van der Waals surface area contributed by atoms with Crippen molar-refractivity contribution in [3.05, 3.63) is 18.2 Å². The van der Waals surface area contributed by atoms with Crippen LogP contribution in [0.15, 0.2) is 12.5 Å². The molecule has 1 unspecified atom stereocenters. The smallest absolute Gasteiger partial charge is 0.336 e. The van der Waals surface area contributed by atoms with Crippen molar-refractivity contribution in [2.45, 2.75) is 31.5 Å². The lowest BCUT2D eigenvalue weighted by Gasteiger charge is -2.28. The van der Waals surface area contributed by atoms with Gasteiger partial charge in [0.25, 0.3) is 5.91 Å². The Hall–Kier alpha value is -2.22. The molecule has 25 heavy (non-hydrogen) atoms. The molecule has 0 radical (unpaired) electrons. The zero-order chi connectivity index (χ0) is 18.2. The molecule has 2 N–H and O–H groups in total. The summed E-state index contributed by atoms with van der Waals surface area (Å²) in [7, 11) is -3.04. The average molecular weight is 375 g/mol. The maximum atomic E-state index is 12.3. The molecule has 12 nitrogen and oxygen atoms in total. The van der Waals surface area contributed by atoms with Crippen LogP contribution >= 0.6 is 0 Å². The molecule has 2 fully saturated rings. The topological polar surface area (TPSA) is 143 Å². The Morgan fingerprint density at radius 1 is 1.48 bits per heavy atom. The molecule has 2 aliphatic rings. The van der Waals surface area contributed by atoms with Gasteiger partial charge in [-0.1, -0.05) is 0 Å². The summed E-state index contributed by atoms with van der Waals surface area (Å²) in [6.45, 7) is 0.220. The van der Waals surface area contributed by atoms with Gasteiger partial charge in [0, 0.05) is 13.6 Å². The van der Waals surface area contributed by atoms with Crippen LogP contribution in [-0.2, 0) is 38.0 Å². The zero-order valence-electron chi connectivity index (χ0n) is 13.2. The minimum Gasteiger partial charge on any atom is -0.336 e. The molecule has 2 bridgehead atoms. The fourth-order valence-corrected chi connectivity index (χ4v) is 3.27. The highest BCUT2D eigenvalue weighted by Gasteiger charge is 2.49. The molecule has 1 aromatic rings. The molecule has 0 spiro atoms. The number of imidazole rings is 1. The Kier molecular flexibility index (Phi) is 4.64. The summed E-state index contributed by atoms with van der Waals surface area (Å²) in [6.07, 6.45) is 3.83. The van der Waals surface area contributed by atoms with E-state index in [0.29, 0.717) is 17.9 Å². The molecular formula is C12H17N5O7S. The number of amides is 3. The fourth-order valence-electron chi connectivity index (χ4n) is 2.88. The quantitative estimate of drug-likeness (QED) is 0.475. The van der Waals surface area contributed by atoms with Crippen molar-refractivity contribution >= 4 is 22.3 Å². The molecular weight excluding hydrogens is 358 g/mol. The number of carbonyl (C=O) groups is 2. The van der Waals surface area contributed by atoms with Gasteiger partial charge in [-0.15, -0.1) is 4.28 Å². The number of hydroxylamine groups is 3. The summed E-state index contributed by atoms with van der Waals surface area (Å²) in [5, 5.41) is 0.582. The predicted molar refractivity (Wildman–Crippen MR) is 79.5 cm³/mol. The highest BCUT2D eigenvalue weighted by atomic mass is 32.3. The van der Waals surface area contributed by atoms with Gasteiger partial charge in [0.15, 0.2) is 0 Å². The second-order valence-corrected chi connectivity index (χ2v) is 6.77. The maximum absolute atomic E-state index is 12.3. The number of fused-ring (bicyclic) bond motifs is 2. The molecule has 2 aliphatic heterocycles. The van der Waals surface area contributed by atoms with Crippen molar-refractivity contribution in [2.24, 2.45) is 7.05 Å². The molecule has 3 rings (SSSR count). The number of piperidine rings is 1. The Morgan fingerprint density at radius 3 is 2.88 bits per heavy atom. The first-order valence-electron chi connectivity index (χ1n) is 7.40. The standard InChI is InChI=1S/C12H17N5O7S/c1-15-7-13-4-9(15)6-23-14-11(18)10-3-2-8-5-16(10)12(19)17(8)24-25(20,21)22/h4,7-8,10H,2-3,5-6H2,1H3,(H,14,18)(H,20,21,22)/t8?,10-/m0/s1. The largest absolute Gasteiger partial charge is 0.418 e. The average Bonchev–Trinajstić information content (AvgIpc) is 3.04. The van der Waals surface area contributed by atoms with Crippen LogP contribution in [-0.4, -0.2) is 63.1 Å². The summed E-state index contributed by atoms with van der Waals surface area (Å²) in [5.74, 6) is -0.525. The zero-order valence-corrected chi connectivity index (χ0v) is 14.0. The molecule has 138 valence electrons. The van der Waals surface area contributed by atoms with E-state index in [1.807, 2.05) is 0 Å². The molecule has 2 saturated heterocycles. The molecule has 3 amide bonds. The van der Waals surface area contributed by atoms with E-state index < -0.39 is 34.4 Å². The Morgan fingerprint density at radius 2 is 2.24 bits per heavy atom. The third-order valence-corrected chi connectivity index (χ3v) is 4.46. The summed E-state index contributed by atoms with van der Waals surface area (Å²) in [5.41, 5.74) is 3.03. The number of aryl methyl sites for hydroxylation is 1. The number of rotatable bonds is 6. The van der Waals surface area contributed by atoms with Gasteiger partial charge < -0.3 is 9.47 Å². The molecule has 13 heteroatoms. The molecule has 0 saturated carbocycles. The van der Waals surface area contributed by atoms with Crippen LogP contribution in [0.3, 0.4) is 0 Å². The van der Waals surface area contributed by atoms with E-state index in [0.717, 1.165) is 5.69 Å². The fraction of sp³-hybridized carbons (Fsp3) is 0.583. The molecule has 2 atom stereocenters. The number of urea groups is 1. The van der Waals surface area contributed by atoms with Gasteiger partial charge >= 0.3 is 16.4 Å². The lowest BCUT2D eigenvalue weighted by Crippen LogP contribution is -2.49. The van der Waals surface area contributed by atoms with Crippen molar-refractivity contribution < 1.29 is 31.7 Å². The third kappa shape index (κ3) is 3.73. The van der Waals surface area contributed by atoms with Crippen molar-refractivity contribution in [1.29, 1.82) is 0 Å². The number of hydrogen-bond donors (Lipinski definition) is 2. The summed E-state index contributed by atoms with van der Waals surface area (Å²) < 4.78 is 36.4. The molecule has 0 aliphatic carbocycles. The van der Waals surface area contributed by atoms with Gasteiger partial charge in [0.2, 0.25) is 0 Å². The SMILES string of the molecule is Cn1cncc1CONC(=O)[C@@H]1CCC2CN1C(=O)N2OS(=O)(=O)O. The predicted octanol–water partition coefficient (Wildman–Crippen LogP) is -1.03. The van der Waals surface area contributed by atoms with E-state index in [-0.39, 0.29) is 13.2 Å². The van der Waals surface area contributed by atoms with E-state index >= 15 is 0 Å². The van der Waals surface area contributed by atoms with Crippen LogP contribution in [0.4, 0.5) is 4.79 Å². The van der Waals surface area contributed by atoms with Crippen LogP contribution < -0.4 is 5.48 Å². The molecule has 1 aromatic heterocycles. The van der Waals surface area contributed by atoms with E-state index in [1.54, 1.807) is 24.1 Å². The highest BCUT2D eigenvalue weighted by Crippen LogP contribution is 2.30. The Labute approximate surface area is 143 Å². The van der Waals surface area contributed by atoms with E-state index in [4.69, 9.17) is 9.39 Å². The van der Waals surface area contributed by atoms with Crippen molar-refractivity contribution in [3.8, 4) is 0 Å². The van der Waals surface area contributed by atoms with Crippen molar-refractivity contribution in [3.63, 3.8) is 0 Å². The normalized spacial score (nSPS) is 23.2. The second-order valence-electron chi connectivity index (χ2n) is 5.76. The van der Waals surface area contributed by atoms with Gasteiger partial charge in [0.05, 0.1) is 24.3 Å². The van der Waals surface area contributed by atoms with Gasteiger partial charge in [-0.25, -0.2) is 15.3 Å². The molecule has 3 heterocycles. The van der Waals surface area contributed by atoms with Gasteiger partial charge in [-0.2, -0.15) is 13.5 Å². The van der Waals surface area contributed by atoms with Crippen LogP contribution in [0, 0.1) is 0 Å².